The van der Waals surface area contributed by atoms with Gasteiger partial charge in [-0.3, -0.25) is 0 Å². The SMILES string of the molecule is N#CCC1Cc2c(F)cccc2O1. The molecule has 0 aromatic heterocycles. The summed E-state index contributed by atoms with van der Waals surface area (Å²) in [6.07, 6.45) is 0.654. The molecule has 0 spiro atoms. The molecule has 0 saturated heterocycles. The molecule has 1 aliphatic heterocycles. The Kier molecular flexibility index (Phi) is 1.90. The van der Waals surface area contributed by atoms with Crippen molar-refractivity contribution in [3.8, 4) is 11.8 Å². The van der Waals surface area contributed by atoms with Crippen molar-refractivity contribution in [2.24, 2.45) is 0 Å². The lowest BCUT2D eigenvalue weighted by molar-refractivity contribution is 0.238. The zero-order valence-electron chi connectivity index (χ0n) is 6.96. The van der Waals surface area contributed by atoms with Crippen molar-refractivity contribution < 1.29 is 9.13 Å². The molecular formula is C10H8FNO. The molecule has 0 aliphatic carbocycles. The second-order valence-electron chi connectivity index (χ2n) is 3.02. The smallest absolute Gasteiger partial charge is 0.130 e. The van der Waals surface area contributed by atoms with E-state index in [1.165, 1.54) is 6.07 Å². The van der Waals surface area contributed by atoms with Gasteiger partial charge in [0.2, 0.25) is 0 Å². The van der Waals surface area contributed by atoms with Crippen molar-refractivity contribution in [1.29, 1.82) is 5.26 Å². The second kappa shape index (κ2) is 3.06. The van der Waals surface area contributed by atoms with Crippen LogP contribution in [0.5, 0.6) is 5.75 Å². The van der Waals surface area contributed by atoms with E-state index in [2.05, 4.69) is 0 Å². The number of nitrogens with zero attached hydrogens (tertiary/aromatic N) is 1. The first-order valence-corrected chi connectivity index (χ1v) is 4.12. The average Bonchev–Trinajstić information content (AvgIpc) is 2.49. The van der Waals surface area contributed by atoms with E-state index in [4.69, 9.17) is 10.00 Å². The molecule has 66 valence electrons. The number of hydrogen-bond acceptors (Lipinski definition) is 2. The van der Waals surface area contributed by atoms with Crippen LogP contribution in [-0.4, -0.2) is 6.10 Å². The normalized spacial score (nSPS) is 18.9. The highest BCUT2D eigenvalue weighted by Gasteiger charge is 2.24. The van der Waals surface area contributed by atoms with Crippen LogP contribution in [0.15, 0.2) is 18.2 Å². The van der Waals surface area contributed by atoms with Gasteiger partial charge in [-0.1, -0.05) is 6.07 Å². The lowest BCUT2D eigenvalue weighted by Gasteiger charge is -2.03. The summed E-state index contributed by atoms with van der Waals surface area (Å²) in [4.78, 5) is 0. The third kappa shape index (κ3) is 1.35. The van der Waals surface area contributed by atoms with Crippen molar-refractivity contribution in [3.63, 3.8) is 0 Å². The number of hydrogen-bond donors (Lipinski definition) is 0. The summed E-state index contributed by atoms with van der Waals surface area (Å²) in [5, 5.41) is 8.45. The van der Waals surface area contributed by atoms with E-state index >= 15 is 0 Å². The minimum Gasteiger partial charge on any atom is -0.489 e. The van der Waals surface area contributed by atoms with E-state index < -0.39 is 0 Å². The van der Waals surface area contributed by atoms with E-state index in [9.17, 15) is 4.39 Å². The van der Waals surface area contributed by atoms with Gasteiger partial charge in [0, 0.05) is 12.0 Å². The summed E-state index contributed by atoms with van der Waals surface area (Å²) < 4.78 is 18.5. The van der Waals surface area contributed by atoms with Gasteiger partial charge in [-0.2, -0.15) is 5.26 Å². The van der Waals surface area contributed by atoms with Crippen molar-refractivity contribution in [2.75, 3.05) is 0 Å². The molecule has 1 aromatic rings. The zero-order chi connectivity index (χ0) is 9.26. The van der Waals surface area contributed by atoms with Crippen LogP contribution in [0.1, 0.15) is 12.0 Å². The topological polar surface area (TPSA) is 33.0 Å². The van der Waals surface area contributed by atoms with Crippen LogP contribution in [0.2, 0.25) is 0 Å². The van der Waals surface area contributed by atoms with Gasteiger partial charge >= 0.3 is 0 Å². The summed E-state index contributed by atoms with van der Waals surface area (Å²) in [5.41, 5.74) is 0.600. The summed E-state index contributed by atoms with van der Waals surface area (Å²) in [6, 6.07) is 6.78. The molecule has 2 rings (SSSR count). The number of nitriles is 1. The first-order valence-electron chi connectivity index (χ1n) is 4.12. The van der Waals surface area contributed by atoms with Gasteiger partial charge in [-0.05, 0) is 12.1 Å². The molecule has 2 nitrogen and oxygen atoms in total. The van der Waals surface area contributed by atoms with Crippen LogP contribution in [-0.2, 0) is 6.42 Å². The highest BCUT2D eigenvalue weighted by molar-refractivity contribution is 5.38. The third-order valence-corrected chi connectivity index (χ3v) is 2.12. The Balaban J connectivity index is 2.26. The Hall–Kier alpha value is -1.56. The molecule has 13 heavy (non-hydrogen) atoms. The highest BCUT2D eigenvalue weighted by atomic mass is 19.1. The van der Waals surface area contributed by atoms with Gasteiger partial charge in [0.15, 0.2) is 0 Å². The maximum Gasteiger partial charge on any atom is 0.130 e. The minimum absolute atomic E-state index is 0.170. The van der Waals surface area contributed by atoms with Crippen LogP contribution in [0, 0.1) is 17.1 Å². The number of fused-ring (bicyclic) bond motifs is 1. The van der Waals surface area contributed by atoms with Crippen LogP contribution >= 0.6 is 0 Å². The molecule has 0 radical (unpaired) electrons. The molecule has 0 amide bonds. The van der Waals surface area contributed by atoms with E-state index in [-0.39, 0.29) is 11.9 Å². The maximum atomic E-state index is 13.1. The van der Waals surface area contributed by atoms with Gasteiger partial charge in [0.05, 0.1) is 12.5 Å². The summed E-state index contributed by atoms with van der Waals surface area (Å²) in [7, 11) is 0. The molecule has 0 bridgehead atoms. The fourth-order valence-electron chi connectivity index (χ4n) is 1.51. The summed E-state index contributed by atoms with van der Waals surface area (Å²) >= 11 is 0. The molecule has 1 atom stereocenters. The van der Waals surface area contributed by atoms with Gasteiger partial charge in [0.25, 0.3) is 0 Å². The predicted molar refractivity (Wildman–Crippen MR) is 44.8 cm³/mol. The second-order valence-corrected chi connectivity index (χ2v) is 3.02. The summed E-state index contributed by atoms with van der Waals surface area (Å²) in [5.74, 6) is 0.346. The zero-order valence-corrected chi connectivity index (χ0v) is 6.96. The van der Waals surface area contributed by atoms with Crippen molar-refractivity contribution in [2.45, 2.75) is 18.9 Å². The lowest BCUT2D eigenvalue weighted by atomic mass is 10.1. The molecule has 0 N–H and O–H groups in total. The first kappa shape index (κ1) is 8.06. The van der Waals surface area contributed by atoms with E-state index in [1.54, 1.807) is 12.1 Å². The van der Waals surface area contributed by atoms with Crippen LogP contribution in [0.25, 0.3) is 0 Å². The lowest BCUT2D eigenvalue weighted by Crippen LogP contribution is -2.11. The van der Waals surface area contributed by atoms with Crippen LogP contribution < -0.4 is 4.74 Å². The molecule has 1 unspecified atom stereocenters. The number of ether oxygens (including phenoxy) is 1. The molecular weight excluding hydrogens is 169 g/mol. The molecule has 1 aliphatic rings. The summed E-state index contributed by atoms with van der Waals surface area (Å²) in [6.45, 7) is 0. The monoisotopic (exact) mass is 177 g/mol. The van der Waals surface area contributed by atoms with E-state index in [0.29, 0.717) is 24.2 Å². The predicted octanol–water partition coefficient (Wildman–Crippen LogP) is 2.04. The Morgan fingerprint density at radius 1 is 1.62 bits per heavy atom. The molecule has 1 heterocycles. The number of rotatable bonds is 1. The van der Waals surface area contributed by atoms with Gasteiger partial charge in [-0.15, -0.1) is 0 Å². The molecule has 0 fully saturated rings. The van der Waals surface area contributed by atoms with Crippen molar-refractivity contribution in [1.82, 2.24) is 0 Å². The standard InChI is InChI=1S/C10H8FNO/c11-9-2-1-3-10-8(9)6-7(13-10)4-5-12/h1-3,7H,4,6H2. The highest BCUT2D eigenvalue weighted by Crippen LogP contribution is 2.31. The quantitative estimate of drug-likeness (QED) is 0.657. The Labute approximate surface area is 75.6 Å². The van der Waals surface area contributed by atoms with Crippen molar-refractivity contribution >= 4 is 0 Å². The maximum absolute atomic E-state index is 13.1. The largest absolute Gasteiger partial charge is 0.489 e. The van der Waals surface area contributed by atoms with Gasteiger partial charge in [-0.25, -0.2) is 4.39 Å². The number of halogens is 1. The van der Waals surface area contributed by atoms with E-state index in [1.807, 2.05) is 6.07 Å². The van der Waals surface area contributed by atoms with Crippen molar-refractivity contribution in [3.05, 3.63) is 29.6 Å². The fourth-order valence-corrected chi connectivity index (χ4v) is 1.51. The average molecular weight is 177 g/mol. The molecule has 0 saturated carbocycles. The van der Waals surface area contributed by atoms with E-state index in [0.717, 1.165) is 0 Å². The Morgan fingerprint density at radius 3 is 3.15 bits per heavy atom. The fraction of sp³-hybridized carbons (Fsp3) is 0.300. The number of benzene rings is 1. The van der Waals surface area contributed by atoms with Crippen LogP contribution in [0.3, 0.4) is 0 Å². The van der Waals surface area contributed by atoms with Gasteiger partial charge in [0.1, 0.15) is 17.7 Å². The van der Waals surface area contributed by atoms with Gasteiger partial charge < -0.3 is 4.74 Å². The van der Waals surface area contributed by atoms with Crippen LogP contribution in [0.4, 0.5) is 4.39 Å². The molecule has 3 heteroatoms. The third-order valence-electron chi connectivity index (χ3n) is 2.12. The first-order chi connectivity index (χ1) is 6.31. The molecule has 1 aromatic carbocycles. The minimum atomic E-state index is -0.238. The Morgan fingerprint density at radius 2 is 2.46 bits per heavy atom. The Bertz CT molecular complexity index is 370.